The van der Waals surface area contributed by atoms with Crippen LogP contribution < -0.4 is 21.8 Å². The lowest BCUT2D eigenvalue weighted by Crippen LogP contribution is -2.58. The molecule has 4 fully saturated rings. The highest BCUT2D eigenvalue weighted by atomic mass is 19.4. The van der Waals surface area contributed by atoms with Crippen LogP contribution in [-0.2, 0) is 45.7 Å². The number of amides is 1. The molecule has 27 heteroatoms. The van der Waals surface area contributed by atoms with Crippen molar-refractivity contribution in [2.24, 2.45) is 39.9 Å². The molecule has 4 heterocycles. The van der Waals surface area contributed by atoms with Crippen molar-refractivity contribution in [3.63, 3.8) is 0 Å². The van der Waals surface area contributed by atoms with Gasteiger partial charge in [-0.25, -0.2) is 19.9 Å². The number of ether oxygens (including phenoxy) is 4. The Bertz CT molecular complexity index is 2070. The number of aliphatic hydroxyl groups excluding tert-OH is 4. The molecule has 71 heavy (non-hydrogen) atoms. The lowest BCUT2D eigenvalue weighted by atomic mass is 9.75. The van der Waals surface area contributed by atoms with Gasteiger partial charge in [0.2, 0.25) is 17.8 Å². The minimum atomic E-state index is -4.69. The summed E-state index contributed by atoms with van der Waals surface area (Å²) in [7, 11) is 0. The maximum atomic E-state index is 13.2. The maximum absolute atomic E-state index is 13.2. The monoisotopic (exact) mass is 1020 g/mol. The van der Waals surface area contributed by atoms with Crippen LogP contribution in [-0.4, -0.2) is 159 Å². The van der Waals surface area contributed by atoms with Crippen LogP contribution in [0.3, 0.4) is 0 Å². The third-order valence-corrected chi connectivity index (χ3v) is 13.5. The van der Waals surface area contributed by atoms with Crippen molar-refractivity contribution >= 4 is 29.4 Å². The summed E-state index contributed by atoms with van der Waals surface area (Å²) in [4.78, 5) is 53.2. The molecule has 2 aliphatic heterocycles. The predicted molar refractivity (Wildman–Crippen MR) is 235 cm³/mol. The highest BCUT2D eigenvalue weighted by Gasteiger charge is 2.46. The molecule has 2 saturated carbocycles. The van der Waals surface area contributed by atoms with Gasteiger partial charge in [-0.3, -0.25) is 14.4 Å². The van der Waals surface area contributed by atoms with Crippen molar-refractivity contribution < 1.29 is 80.1 Å². The van der Waals surface area contributed by atoms with Gasteiger partial charge in [-0.1, -0.05) is 5.22 Å². The summed E-state index contributed by atoms with van der Waals surface area (Å²) in [5.74, 6) is 3.21. The van der Waals surface area contributed by atoms with Crippen molar-refractivity contribution in [2.75, 3.05) is 56.8 Å². The van der Waals surface area contributed by atoms with Crippen molar-refractivity contribution in [3.8, 4) is 0 Å². The number of nitrogens with zero attached hydrogens (tertiary/aromatic N) is 6. The number of nitrogens with one attached hydrogen (secondary N) is 3. The van der Waals surface area contributed by atoms with Crippen LogP contribution in [0.1, 0.15) is 82.0 Å². The Balaban J connectivity index is 0.869. The molecule has 21 nitrogen and oxygen atoms in total. The highest BCUT2D eigenvalue weighted by Crippen LogP contribution is 2.40. The maximum Gasteiger partial charge on any atom is 0.433 e. The lowest BCUT2D eigenvalue weighted by molar-refractivity contribution is -0.164. The average molecular weight is 1020 g/mol. The van der Waals surface area contributed by atoms with Crippen LogP contribution >= 0.6 is 0 Å². The highest BCUT2D eigenvalue weighted by molar-refractivity contribution is 5.81. The normalized spacial score (nSPS) is 29.9. The van der Waals surface area contributed by atoms with Crippen LogP contribution in [0.5, 0.6) is 0 Å². The van der Waals surface area contributed by atoms with Gasteiger partial charge in [-0.05, 0) is 74.8 Å². The zero-order valence-electron chi connectivity index (χ0n) is 38.7. The van der Waals surface area contributed by atoms with Crippen molar-refractivity contribution in [3.05, 3.63) is 35.9 Å². The lowest BCUT2D eigenvalue weighted by Gasteiger charge is -2.43. The van der Waals surface area contributed by atoms with Crippen molar-refractivity contribution in [1.82, 2.24) is 25.3 Å². The molecule has 0 radical (unpaired) electrons. The first kappa shape index (κ1) is 55.5. The second kappa shape index (κ2) is 25.7. The SMILES string of the molecule is NN=NCCC(=O)NC(COCCC(=O)CC1CCC([C@H]2OC[C@H](Nc3nccc(C(F)(F)F)n3)[C@@H](O)[C@H]2O)C1)COCCC(=O)C1CCC([C@H]2OC[C@H](Nc3nccc(C(F)(F)F)n3)[C@@H](O)[C@H]2O)CC1. The fourth-order valence-electron chi connectivity index (χ4n) is 9.72. The number of carbonyl (C=O) groups excluding carboxylic acids is 3. The van der Waals surface area contributed by atoms with Crippen LogP contribution in [0.4, 0.5) is 38.2 Å². The fourth-order valence-corrected chi connectivity index (χ4v) is 9.72. The first-order chi connectivity index (χ1) is 33.8. The molecule has 2 aliphatic carbocycles. The van der Waals surface area contributed by atoms with Crippen LogP contribution in [0.25, 0.3) is 0 Å². The Kier molecular flexibility index (Phi) is 20.1. The minimum Gasteiger partial charge on any atom is -0.388 e. The van der Waals surface area contributed by atoms with E-state index in [0.717, 1.165) is 12.4 Å². The van der Waals surface area contributed by atoms with E-state index in [9.17, 15) is 61.2 Å². The Morgan fingerprint density at radius 2 is 1.25 bits per heavy atom. The molecule has 2 aromatic rings. The summed E-state index contributed by atoms with van der Waals surface area (Å²) in [6, 6.07) is -1.14. The van der Waals surface area contributed by atoms with Gasteiger partial charge in [0.1, 0.15) is 47.4 Å². The number of anilines is 2. The van der Waals surface area contributed by atoms with E-state index in [1.165, 1.54) is 0 Å². The topological polar surface area (TPSA) is 307 Å². The van der Waals surface area contributed by atoms with Crippen molar-refractivity contribution in [1.29, 1.82) is 0 Å². The summed E-state index contributed by atoms with van der Waals surface area (Å²) >= 11 is 0. The number of aromatic nitrogens is 4. The number of rotatable bonds is 23. The molecular weight excluding hydrogens is 959 g/mol. The molecule has 2 aromatic heterocycles. The van der Waals surface area contributed by atoms with Gasteiger partial charge in [0.05, 0.1) is 76.5 Å². The van der Waals surface area contributed by atoms with Crippen molar-refractivity contribution in [2.45, 2.75) is 138 Å². The zero-order chi connectivity index (χ0) is 51.3. The number of aliphatic hydroxyl groups is 4. The molecule has 2 saturated heterocycles. The molecule has 396 valence electrons. The second-order valence-corrected chi connectivity index (χ2v) is 18.5. The molecule has 0 spiro atoms. The molecule has 11 atom stereocenters. The van der Waals surface area contributed by atoms with Gasteiger partial charge in [0, 0.05) is 44.0 Å². The third kappa shape index (κ3) is 16.1. The average Bonchev–Trinajstić information content (AvgIpc) is 3.79. The van der Waals surface area contributed by atoms with Gasteiger partial charge in [-0.2, -0.15) is 31.5 Å². The number of ketones is 2. The van der Waals surface area contributed by atoms with Crippen LogP contribution in [0.2, 0.25) is 0 Å². The first-order valence-corrected chi connectivity index (χ1v) is 23.7. The number of nitrogens with two attached hydrogens (primary N) is 1. The molecule has 9 N–H and O–H groups in total. The Hall–Kier alpha value is -4.77. The molecule has 6 rings (SSSR count). The fraction of sp³-hybridized carbons (Fsp3) is 0.750. The van der Waals surface area contributed by atoms with E-state index in [4.69, 9.17) is 24.8 Å². The van der Waals surface area contributed by atoms with Crippen LogP contribution in [0.15, 0.2) is 34.9 Å². The van der Waals surface area contributed by atoms with E-state index in [0.29, 0.717) is 57.1 Å². The first-order valence-electron chi connectivity index (χ1n) is 23.7. The molecular formula is C44H62F6N10O11. The van der Waals surface area contributed by atoms with Gasteiger partial charge in [-0.15, -0.1) is 0 Å². The Morgan fingerprint density at radius 1 is 0.732 bits per heavy atom. The zero-order valence-corrected chi connectivity index (χ0v) is 38.7. The van der Waals surface area contributed by atoms with Gasteiger partial charge in [0.25, 0.3) is 0 Å². The quantitative estimate of drug-likeness (QED) is 0.0261. The molecule has 4 aliphatic rings. The third-order valence-electron chi connectivity index (χ3n) is 13.5. The number of hydrogen-bond acceptors (Lipinski definition) is 19. The van der Waals surface area contributed by atoms with E-state index in [1.807, 2.05) is 0 Å². The minimum absolute atomic E-state index is 0.00380. The van der Waals surface area contributed by atoms with Crippen LogP contribution in [0, 0.1) is 23.7 Å². The molecule has 0 bridgehead atoms. The van der Waals surface area contributed by atoms with Gasteiger partial charge in [0.15, 0.2) is 0 Å². The van der Waals surface area contributed by atoms with Gasteiger partial charge < -0.3 is 61.2 Å². The number of alkyl halides is 6. The van der Waals surface area contributed by atoms with Gasteiger partial charge >= 0.3 is 12.4 Å². The summed E-state index contributed by atoms with van der Waals surface area (Å²) in [6.45, 7) is -0.0874. The number of Topliss-reactive ketones (excluding diaryl/α,β-unsaturated/α-hetero) is 2. The number of carbonyl (C=O) groups is 3. The summed E-state index contributed by atoms with van der Waals surface area (Å²) < 4.78 is 102. The molecule has 1 amide bonds. The smallest absolute Gasteiger partial charge is 0.388 e. The van der Waals surface area contributed by atoms with E-state index in [-0.39, 0.29) is 125 Å². The number of hydrogen-bond donors (Lipinski definition) is 8. The van der Waals surface area contributed by atoms with E-state index >= 15 is 0 Å². The Labute approximate surface area is 404 Å². The standard InChI is InChI=1S/C44H62F6N10O11/c45-43(46,47)32-7-12-52-41(58-32)56-29-21-70-39(37(66)35(29)64)25-5-3-24(4-6-25)31(62)11-16-69-20-27(55-34(63)9-14-54-60-51)19-68-15-10-28(61)18-23-1-2-26(17-23)40-38(67)36(65)30(22-71-40)57-42-53-13-8-33(59-42)44(48,49)50/h7-8,12-13,23-27,29-30,35-40,64-67H,1-6,9-11,14-22H2,(H2,51,54)(H,55,63)(H,52,56,58)(H,53,57,59)/t23?,24?,25?,26?,27?,29-,30-,35+,36+,37+,38+,39+,40+/m0/s1. The Morgan fingerprint density at radius 3 is 1.79 bits per heavy atom. The van der Waals surface area contributed by atoms with E-state index in [1.54, 1.807) is 0 Å². The van der Waals surface area contributed by atoms with E-state index in [2.05, 4.69) is 46.2 Å². The number of halogens is 6. The summed E-state index contributed by atoms with van der Waals surface area (Å²) in [6.07, 6.45) is -10.1. The summed E-state index contributed by atoms with van der Waals surface area (Å²) in [5, 5.41) is 58.3. The summed E-state index contributed by atoms with van der Waals surface area (Å²) in [5.41, 5.74) is -2.32. The molecule has 0 aromatic carbocycles. The largest absolute Gasteiger partial charge is 0.433 e. The predicted octanol–water partition coefficient (Wildman–Crippen LogP) is 2.57. The molecule has 3 unspecified atom stereocenters. The second-order valence-electron chi connectivity index (χ2n) is 18.5. The van der Waals surface area contributed by atoms with E-state index < -0.39 is 78.5 Å².